The molecule has 0 saturated heterocycles. The second-order valence-electron chi connectivity index (χ2n) is 3.58. The minimum Gasteiger partial charge on any atom is -0.493 e. The molecule has 0 fully saturated rings. The number of hydrogen-bond donors (Lipinski definition) is 1. The van der Waals surface area contributed by atoms with Crippen LogP contribution in [-0.4, -0.2) is 17.3 Å². The minimum absolute atomic E-state index is 0.631. The van der Waals surface area contributed by atoms with Crippen LogP contribution in [0.1, 0.15) is 0 Å². The van der Waals surface area contributed by atoms with Gasteiger partial charge in [0.1, 0.15) is 5.75 Å². The van der Waals surface area contributed by atoms with Gasteiger partial charge in [0.25, 0.3) is 0 Å². The number of aromatic nitrogens is 1. The number of pyridine rings is 1. The molecule has 1 heterocycles. The van der Waals surface area contributed by atoms with E-state index < -0.39 is 0 Å². The second kappa shape index (κ2) is 6.66. The molecule has 0 atom stereocenters. The molecule has 0 saturated carbocycles. The Morgan fingerprint density at radius 1 is 1.28 bits per heavy atom. The summed E-state index contributed by atoms with van der Waals surface area (Å²) in [5, 5.41) is 0.995. The Kier molecular flexibility index (Phi) is 4.90. The van der Waals surface area contributed by atoms with Crippen LogP contribution in [0.2, 0.25) is 0 Å². The predicted molar refractivity (Wildman–Crippen MR) is 79.0 cm³/mol. The molecule has 0 unspecified atom stereocenters. The van der Waals surface area contributed by atoms with Crippen LogP contribution in [0, 0.1) is 0 Å². The highest BCUT2D eigenvalue weighted by Crippen LogP contribution is 2.18. The smallest absolute Gasteiger partial charge is 0.121 e. The Morgan fingerprint density at radius 2 is 2.17 bits per heavy atom. The summed E-state index contributed by atoms with van der Waals surface area (Å²) in [4.78, 5) is 4.28. The zero-order valence-electron chi connectivity index (χ0n) is 9.67. The van der Waals surface area contributed by atoms with Crippen molar-refractivity contribution in [3.63, 3.8) is 0 Å². The summed E-state index contributed by atoms with van der Waals surface area (Å²) in [5.41, 5.74) is 6.39. The third-order valence-electron chi connectivity index (χ3n) is 2.16. The van der Waals surface area contributed by atoms with Crippen molar-refractivity contribution in [1.82, 2.24) is 4.98 Å². The molecule has 0 aliphatic carbocycles. The first-order valence-corrected chi connectivity index (χ1v) is 7.24. The standard InChI is InChI=1S/C13H13BrN2OS/c14-10-4-5-13(16-9-10)18-7-6-17-12-3-1-2-11(15)8-12/h1-5,8-9H,6-7,15H2. The van der Waals surface area contributed by atoms with E-state index in [-0.39, 0.29) is 0 Å². The van der Waals surface area contributed by atoms with Gasteiger partial charge in [-0.15, -0.1) is 11.8 Å². The molecule has 0 amide bonds. The predicted octanol–water partition coefficient (Wildman–Crippen LogP) is 3.60. The van der Waals surface area contributed by atoms with Crippen LogP contribution in [0.4, 0.5) is 5.69 Å². The maximum atomic E-state index is 5.67. The number of nitrogens with two attached hydrogens (primary N) is 1. The molecule has 94 valence electrons. The van der Waals surface area contributed by atoms with Gasteiger partial charge in [-0.1, -0.05) is 6.07 Å². The minimum atomic E-state index is 0.631. The number of thioether (sulfide) groups is 1. The average molecular weight is 325 g/mol. The number of ether oxygens (including phenoxy) is 1. The van der Waals surface area contributed by atoms with Crippen LogP contribution >= 0.6 is 27.7 Å². The molecule has 18 heavy (non-hydrogen) atoms. The zero-order chi connectivity index (χ0) is 12.8. The van der Waals surface area contributed by atoms with Crippen molar-refractivity contribution in [2.45, 2.75) is 5.03 Å². The highest BCUT2D eigenvalue weighted by Gasteiger charge is 1.97. The third kappa shape index (κ3) is 4.23. The Labute approximate surface area is 119 Å². The van der Waals surface area contributed by atoms with Gasteiger partial charge in [-0.3, -0.25) is 0 Å². The first-order chi connectivity index (χ1) is 8.74. The lowest BCUT2D eigenvalue weighted by atomic mass is 10.3. The summed E-state index contributed by atoms with van der Waals surface area (Å²) in [6, 6.07) is 11.4. The van der Waals surface area contributed by atoms with E-state index >= 15 is 0 Å². The molecule has 2 aromatic rings. The lowest BCUT2D eigenvalue weighted by molar-refractivity contribution is 0.344. The van der Waals surface area contributed by atoms with E-state index in [0.717, 1.165) is 26.7 Å². The van der Waals surface area contributed by atoms with E-state index in [1.807, 2.05) is 36.4 Å². The Morgan fingerprint density at radius 3 is 2.89 bits per heavy atom. The number of benzene rings is 1. The molecule has 0 bridgehead atoms. The molecule has 2 N–H and O–H groups in total. The van der Waals surface area contributed by atoms with Crippen molar-refractivity contribution in [1.29, 1.82) is 0 Å². The van der Waals surface area contributed by atoms with Crippen LogP contribution in [0.25, 0.3) is 0 Å². The van der Waals surface area contributed by atoms with Crippen molar-refractivity contribution >= 4 is 33.4 Å². The topological polar surface area (TPSA) is 48.1 Å². The molecule has 1 aromatic heterocycles. The molecule has 2 rings (SSSR count). The third-order valence-corrected chi connectivity index (χ3v) is 3.54. The maximum absolute atomic E-state index is 5.67. The van der Waals surface area contributed by atoms with E-state index in [9.17, 15) is 0 Å². The molecule has 0 radical (unpaired) electrons. The average Bonchev–Trinajstić information content (AvgIpc) is 2.37. The maximum Gasteiger partial charge on any atom is 0.121 e. The summed E-state index contributed by atoms with van der Waals surface area (Å²) < 4.78 is 6.58. The highest BCUT2D eigenvalue weighted by atomic mass is 79.9. The van der Waals surface area contributed by atoms with Gasteiger partial charge >= 0.3 is 0 Å². The molecule has 0 spiro atoms. The van der Waals surface area contributed by atoms with Gasteiger partial charge in [-0.05, 0) is 40.2 Å². The van der Waals surface area contributed by atoms with Crippen LogP contribution in [0.5, 0.6) is 5.75 Å². The molecule has 0 aliphatic heterocycles. The monoisotopic (exact) mass is 324 g/mol. The van der Waals surface area contributed by atoms with Gasteiger partial charge in [-0.2, -0.15) is 0 Å². The van der Waals surface area contributed by atoms with Gasteiger partial charge < -0.3 is 10.5 Å². The van der Waals surface area contributed by atoms with Crippen molar-refractivity contribution in [2.75, 3.05) is 18.1 Å². The van der Waals surface area contributed by atoms with Crippen LogP contribution in [-0.2, 0) is 0 Å². The van der Waals surface area contributed by atoms with Gasteiger partial charge in [0.2, 0.25) is 0 Å². The second-order valence-corrected chi connectivity index (χ2v) is 5.61. The van der Waals surface area contributed by atoms with Gasteiger partial charge in [0.15, 0.2) is 0 Å². The molecular weight excluding hydrogens is 312 g/mol. The summed E-state index contributed by atoms with van der Waals surface area (Å²) >= 11 is 5.02. The molecule has 5 heteroatoms. The van der Waals surface area contributed by atoms with Crippen LogP contribution in [0.15, 0.2) is 52.1 Å². The largest absolute Gasteiger partial charge is 0.493 e. The lowest BCUT2D eigenvalue weighted by Crippen LogP contribution is -2.00. The Bertz CT molecular complexity index is 505. The summed E-state index contributed by atoms with van der Waals surface area (Å²) in [6.07, 6.45) is 1.79. The number of nitrogen functional groups attached to an aromatic ring is 1. The fourth-order valence-corrected chi connectivity index (χ4v) is 2.26. The van der Waals surface area contributed by atoms with Crippen LogP contribution in [0.3, 0.4) is 0 Å². The zero-order valence-corrected chi connectivity index (χ0v) is 12.1. The van der Waals surface area contributed by atoms with E-state index in [4.69, 9.17) is 10.5 Å². The van der Waals surface area contributed by atoms with E-state index in [1.54, 1.807) is 18.0 Å². The number of nitrogens with zero attached hydrogens (tertiary/aromatic N) is 1. The fourth-order valence-electron chi connectivity index (χ4n) is 1.36. The van der Waals surface area contributed by atoms with Gasteiger partial charge in [-0.25, -0.2) is 4.98 Å². The normalized spacial score (nSPS) is 10.3. The quantitative estimate of drug-likeness (QED) is 0.518. The van der Waals surface area contributed by atoms with Crippen molar-refractivity contribution in [3.05, 3.63) is 47.1 Å². The Hall–Kier alpha value is -1.20. The number of halogens is 1. The van der Waals surface area contributed by atoms with Crippen molar-refractivity contribution < 1.29 is 4.74 Å². The molecule has 3 nitrogen and oxygen atoms in total. The molecular formula is C13H13BrN2OS. The van der Waals surface area contributed by atoms with E-state index in [1.165, 1.54) is 0 Å². The van der Waals surface area contributed by atoms with Crippen molar-refractivity contribution in [2.24, 2.45) is 0 Å². The van der Waals surface area contributed by atoms with E-state index in [2.05, 4.69) is 20.9 Å². The fraction of sp³-hybridized carbons (Fsp3) is 0.154. The highest BCUT2D eigenvalue weighted by molar-refractivity contribution is 9.10. The summed E-state index contributed by atoms with van der Waals surface area (Å²) in [5.74, 6) is 1.66. The first kappa shape index (κ1) is 13.2. The van der Waals surface area contributed by atoms with Gasteiger partial charge in [0.05, 0.1) is 11.6 Å². The summed E-state index contributed by atoms with van der Waals surface area (Å²) in [7, 11) is 0. The summed E-state index contributed by atoms with van der Waals surface area (Å²) in [6.45, 7) is 0.631. The molecule has 0 aliphatic rings. The molecule has 1 aromatic carbocycles. The first-order valence-electron chi connectivity index (χ1n) is 5.47. The lowest BCUT2D eigenvalue weighted by Gasteiger charge is -2.06. The number of rotatable bonds is 5. The van der Waals surface area contributed by atoms with Crippen LogP contribution < -0.4 is 10.5 Å². The number of anilines is 1. The van der Waals surface area contributed by atoms with Gasteiger partial charge in [0, 0.05) is 28.2 Å². The SMILES string of the molecule is Nc1cccc(OCCSc2ccc(Br)cn2)c1. The van der Waals surface area contributed by atoms with Crippen molar-refractivity contribution in [3.8, 4) is 5.75 Å². The van der Waals surface area contributed by atoms with E-state index in [0.29, 0.717) is 6.61 Å². The Balaban J connectivity index is 1.74. The number of hydrogen-bond acceptors (Lipinski definition) is 4.